The van der Waals surface area contributed by atoms with Gasteiger partial charge in [0.25, 0.3) is 0 Å². The van der Waals surface area contributed by atoms with Crippen molar-refractivity contribution < 1.29 is 32.2 Å². The number of aromatic nitrogens is 2. The molecule has 25 heavy (non-hydrogen) atoms. The maximum Gasteiger partial charge on any atom is 0.330 e. The Bertz CT molecular complexity index is 564. The molecule has 140 valence electrons. The molecule has 1 aliphatic rings. The summed E-state index contributed by atoms with van der Waals surface area (Å²) < 4.78 is 53.8. The molecule has 0 spiro atoms. The summed E-state index contributed by atoms with van der Waals surface area (Å²) in [5, 5.41) is 13.0. The third kappa shape index (κ3) is 5.49. The molecule has 1 saturated heterocycles. The molecule has 2 atom stereocenters. The standard InChI is InChI=1S/C14H18F4N4O3/c15-12(16)14(17,18)8-25-7-11(24)22-5-2-9(10(23)6-22)21-13-19-3-1-4-20-13/h1,3-4,9-10,12,23H,2,5-8H2,(H,19,20,21). The summed E-state index contributed by atoms with van der Waals surface area (Å²) in [6.45, 7) is -2.09. The Morgan fingerprint density at radius 1 is 1.44 bits per heavy atom. The fraction of sp³-hybridized carbons (Fsp3) is 0.643. The summed E-state index contributed by atoms with van der Waals surface area (Å²) in [7, 11) is 0. The lowest BCUT2D eigenvalue weighted by Gasteiger charge is -2.36. The molecule has 7 nitrogen and oxygen atoms in total. The highest BCUT2D eigenvalue weighted by molar-refractivity contribution is 5.77. The van der Waals surface area contributed by atoms with Crippen LogP contribution in [-0.2, 0) is 9.53 Å². The van der Waals surface area contributed by atoms with Gasteiger partial charge in [0, 0.05) is 25.5 Å². The van der Waals surface area contributed by atoms with Crippen molar-refractivity contribution in [3.8, 4) is 0 Å². The van der Waals surface area contributed by atoms with Gasteiger partial charge in [-0.15, -0.1) is 0 Å². The van der Waals surface area contributed by atoms with E-state index in [0.717, 1.165) is 0 Å². The summed E-state index contributed by atoms with van der Waals surface area (Å²) in [5.74, 6) is -4.62. The Balaban J connectivity index is 1.77. The minimum absolute atomic E-state index is 0.0437. The van der Waals surface area contributed by atoms with Gasteiger partial charge in [-0.1, -0.05) is 0 Å². The van der Waals surface area contributed by atoms with Crippen molar-refractivity contribution in [2.24, 2.45) is 0 Å². The number of amides is 1. The summed E-state index contributed by atoms with van der Waals surface area (Å²) >= 11 is 0. The first-order chi connectivity index (χ1) is 11.8. The van der Waals surface area contributed by atoms with E-state index in [1.165, 1.54) is 17.3 Å². The molecule has 0 aliphatic carbocycles. The highest BCUT2D eigenvalue weighted by Gasteiger charge is 2.41. The molecule has 2 rings (SSSR count). The molecule has 0 aromatic carbocycles. The number of nitrogens with zero attached hydrogens (tertiary/aromatic N) is 3. The Morgan fingerprint density at radius 2 is 2.12 bits per heavy atom. The number of likely N-dealkylation sites (tertiary alicyclic amines) is 1. The predicted molar refractivity (Wildman–Crippen MR) is 78.4 cm³/mol. The molecule has 11 heteroatoms. The Morgan fingerprint density at radius 3 is 2.72 bits per heavy atom. The van der Waals surface area contributed by atoms with E-state index < -0.39 is 37.6 Å². The number of hydrogen-bond acceptors (Lipinski definition) is 6. The monoisotopic (exact) mass is 366 g/mol. The summed E-state index contributed by atoms with van der Waals surface area (Å²) in [6.07, 6.45) is -1.34. The molecular formula is C14H18F4N4O3. The normalized spacial score (nSPS) is 21.4. The van der Waals surface area contributed by atoms with Crippen LogP contribution < -0.4 is 5.32 Å². The fourth-order valence-electron chi connectivity index (χ4n) is 2.29. The van der Waals surface area contributed by atoms with E-state index in [9.17, 15) is 27.5 Å². The number of alkyl halides is 4. The number of carbonyl (C=O) groups is 1. The molecule has 0 saturated carbocycles. The third-order valence-corrected chi connectivity index (χ3v) is 3.65. The molecule has 1 fully saturated rings. The van der Waals surface area contributed by atoms with E-state index in [0.29, 0.717) is 12.4 Å². The number of piperidine rings is 1. The van der Waals surface area contributed by atoms with Crippen molar-refractivity contribution in [3.63, 3.8) is 0 Å². The van der Waals surface area contributed by atoms with Crippen LogP contribution in [0.15, 0.2) is 18.5 Å². The molecular weight excluding hydrogens is 348 g/mol. The van der Waals surface area contributed by atoms with Gasteiger partial charge < -0.3 is 20.1 Å². The lowest BCUT2D eigenvalue weighted by molar-refractivity contribution is -0.171. The second-order valence-corrected chi connectivity index (χ2v) is 5.57. The molecule has 2 heterocycles. The van der Waals surface area contributed by atoms with Crippen LogP contribution in [-0.4, -0.2) is 76.7 Å². The van der Waals surface area contributed by atoms with Crippen molar-refractivity contribution in [1.29, 1.82) is 0 Å². The number of β-amino-alcohol motifs (C(OH)–C–C–N with tert-alkyl or cyclic N) is 1. The molecule has 0 radical (unpaired) electrons. The summed E-state index contributed by atoms with van der Waals surface area (Å²) in [6, 6.07) is 1.26. The second kappa shape index (κ2) is 8.39. The zero-order chi connectivity index (χ0) is 18.4. The van der Waals surface area contributed by atoms with Gasteiger partial charge in [0.2, 0.25) is 11.9 Å². The molecule has 2 N–H and O–H groups in total. The van der Waals surface area contributed by atoms with Gasteiger partial charge in [-0.25, -0.2) is 18.7 Å². The topological polar surface area (TPSA) is 87.6 Å². The van der Waals surface area contributed by atoms with Crippen LogP contribution in [0.4, 0.5) is 23.5 Å². The average Bonchev–Trinajstić information content (AvgIpc) is 2.57. The van der Waals surface area contributed by atoms with Crippen LogP contribution in [0.2, 0.25) is 0 Å². The summed E-state index contributed by atoms with van der Waals surface area (Å²) in [5.41, 5.74) is 0. The van der Waals surface area contributed by atoms with Crippen LogP contribution in [0.1, 0.15) is 6.42 Å². The van der Waals surface area contributed by atoms with Crippen LogP contribution in [0.25, 0.3) is 0 Å². The first-order valence-corrected chi connectivity index (χ1v) is 7.52. The quantitative estimate of drug-likeness (QED) is 0.693. The van der Waals surface area contributed by atoms with Gasteiger partial charge in [0.05, 0.1) is 12.1 Å². The van der Waals surface area contributed by atoms with Crippen molar-refractivity contribution in [2.45, 2.75) is 30.9 Å². The highest BCUT2D eigenvalue weighted by atomic mass is 19.3. The Labute approximate surface area is 141 Å². The van der Waals surface area contributed by atoms with E-state index >= 15 is 0 Å². The van der Waals surface area contributed by atoms with Crippen LogP contribution in [0.5, 0.6) is 0 Å². The van der Waals surface area contributed by atoms with E-state index in [1.807, 2.05) is 0 Å². The van der Waals surface area contributed by atoms with E-state index in [1.54, 1.807) is 6.07 Å². The number of nitrogens with one attached hydrogen (secondary N) is 1. The van der Waals surface area contributed by atoms with Crippen molar-refractivity contribution in [2.75, 3.05) is 31.6 Å². The van der Waals surface area contributed by atoms with Crippen LogP contribution in [0, 0.1) is 0 Å². The fourth-order valence-corrected chi connectivity index (χ4v) is 2.29. The largest absolute Gasteiger partial charge is 0.389 e. The van der Waals surface area contributed by atoms with Gasteiger partial charge in [-0.05, 0) is 12.5 Å². The minimum Gasteiger partial charge on any atom is -0.389 e. The molecule has 2 unspecified atom stereocenters. The van der Waals surface area contributed by atoms with Gasteiger partial charge >= 0.3 is 12.3 Å². The van der Waals surface area contributed by atoms with E-state index in [-0.39, 0.29) is 19.1 Å². The second-order valence-electron chi connectivity index (χ2n) is 5.57. The lowest BCUT2D eigenvalue weighted by Crippen LogP contribution is -2.52. The van der Waals surface area contributed by atoms with Crippen molar-refractivity contribution in [3.05, 3.63) is 18.5 Å². The van der Waals surface area contributed by atoms with E-state index in [2.05, 4.69) is 20.0 Å². The number of carbonyl (C=O) groups excluding carboxylic acids is 1. The smallest absolute Gasteiger partial charge is 0.330 e. The number of halogens is 4. The van der Waals surface area contributed by atoms with Crippen LogP contribution >= 0.6 is 0 Å². The first-order valence-electron chi connectivity index (χ1n) is 7.52. The molecule has 1 amide bonds. The molecule has 0 bridgehead atoms. The minimum atomic E-state index is -4.30. The zero-order valence-corrected chi connectivity index (χ0v) is 13.1. The molecule has 1 aromatic rings. The zero-order valence-electron chi connectivity index (χ0n) is 13.1. The number of ether oxygens (including phenoxy) is 1. The van der Waals surface area contributed by atoms with Gasteiger partial charge in [0.1, 0.15) is 13.2 Å². The number of aliphatic hydroxyl groups excluding tert-OH is 1. The average molecular weight is 366 g/mol. The number of rotatable bonds is 7. The highest BCUT2D eigenvalue weighted by Crippen LogP contribution is 2.23. The van der Waals surface area contributed by atoms with Gasteiger partial charge in [-0.2, -0.15) is 8.78 Å². The molecule has 1 aromatic heterocycles. The van der Waals surface area contributed by atoms with Crippen molar-refractivity contribution in [1.82, 2.24) is 14.9 Å². The van der Waals surface area contributed by atoms with Gasteiger partial charge in [0.15, 0.2) is 0 Å². The first kappa shape index (κ1) is 19.3. The Hall–Kier alpha value is -2.01. The summed E-state index contributed by atoms with van der Waals surface area (Å²) in [4.78, 5) is 21.1. The number of hydrogen-bond donors (Lipinski definition) is 2. The van der Waals surface area contributed by atoms with Crippen LogP contribution in [0.3, 0.4) is 0 Å². The predicted octanol–water partition coefficient (Wildman–Crippen LogP) is 0.767. The maximum atomic E-state index is 12.7. The van der Waals surface area contributed by atoms with Crippen molar-refractivity contribution >= 4 is 11.9 Å². The number of aliphatic hydroxyl groups is 1. The van der Waals surface area contributed by atoms with Gasteiger partial charge in [-0.3, -0.25) is 4.79 Å². The Kier molecular flexibility index (Phi) is 6.48. The SMILES string of the molecule is O=C(COCC(F)(F)C(F)F)N1CCC(Nc2ncccn2)C(O)C1. The van der Waals surface area contributed by atoms with E-state index in [4.69, 9.17) is 0 Å². The molecule has 1 aliphatic heterocycles. The maximum absolute atomic E-state index is 12.7. The third-order valence-electron chi connectivity index (χ3n) is 3.65. The lowest BCUT2D eigenvalue weighted by atomic mass is 10.0. The number of anilines is 1.